The Hall–Kier alpha value is 4.52. The van der Waals surface area contributed by atoms with Gasteiger partial charge in [0, 0.05) is 304 Å². The third-order valence-corrected chi connectivity index (χ3v) is 6.79. The zero-order valence-corrected chi connectivity index (χ0v) is 89.3. The molecule has 0 bridgehead atoms. The molecule has 2 radical (unpaired) electrons. The summed E-state index contributed by atoms with van der Waals surface area (Å²) in [6.07, 6.45) is 9.70. The molecule has 0 aromatic carbocycles. The molecule has 52 nitrogen and oxygen atoms in total. The number of pyridine rings is 4. The van der Waals surface area contributed by atoms with Crippen molar-refractivity contribution in [1.82, 2.24) is 39.5 Å². The average molecular weight is 3690 g/mol. The van der Waals surface area contributed by atoms with Crippen molar-refractivity contribution in [3.63, 3.8) is 0 Å². The van der Waals surface area contributed by atoms with Crippen LogP contribution in [0, 0.1) is 0 Å². The number of aromatic nitrogens is 4. The van der Waals surface area contributed by atoms with Crippen LogP contribution in [0.25, 0.3) is 0 Å². The number of rotatable bonds is 16. The minimum absolute atomic E-state index is 0. The molecule has 0 amide bonds. The van der Waals surface area contributed by atoms with Crippen molar-refractivity contribution in [2.45, 2.75) is 39.0 Å². The van der Waals surface area contributed by atoms with Gasteiger partial charge in [-0.15, -0.1) is 0 Å². The Balaban J connectivity index is -0.00000000440. The van der Waals surface area contributed by atoms with Gasteiger partial charge in [-0.2, -0.15) is 0 Å². The first-order valence-corrected chi connectivity index (χ1v) is 14.8. The molecule has 666 valence electrons. The number of hydrogen-bond acceptors (Lipinski definition) is 16. The van der Waals surface area contributed by atoms with E-state index in [0.717, 1.165) is 88.0 Å². The molecule has 4 heterocycles. The smallest absolute Gasteiger partial charge is 2.00 e. The van der Waals surface area contributed by atoms with Crippen molar-refractivity contribution in [2.24, 2.45) is 0 Å². The van der Waals surface area contributed by atoms with E-state index in [1.807, 2.05) is 73.3 Å². The van der Waals surface area contributed by atoms with Gasteiger partial charge in [0.1, 0.15) is 0 Å². The first-order valence-electron chi connectivity index (χ1n) is 14.8. The van der Waals surface area contributed by atoms with E-state index in [2.05, 4.69) is 92.0 Å². The summed E-state index contributed by atoms with van der Waals surface area (Å²) in [5.41, 5.74) is 4.51. The van der Waals surface area contributed by atoms with Crippen LogP contribution in [0.3, 0.4) is 0 Å². The summed E-state index contributed by atoms with van der Waals surface area (Å²) in [7, 11) is 8.59. The molecule has 8 N–H and O–H groups in total. The quantitative estimate of drug-likeness (QED) is 0.118. The van der Waals surface area contributed by atoms with Crippen molar-refractivity contribution in [2.75, 3.05) is 54.4 Å². The molecule has 0 aliphatic rings. The van der Waals surface area contributed by atoms with Gasteiger partial charge in [-0.3, -0.25) is 19.9 Å². The van der Waals surface area contributed by atoms with Gasteiger partial charge < -0.3 is 261 Å². The van der Waals surface area contributed by atoms with Gasteiger partial charge in [-0.25, -0.2) is 0 Å². The number of hydrogen-bond donors (Lipinski definition) is 0. The monoisotopic (exact) mass is 3690 g/mol. The van der Waals surface area contributed by atoms with Crippen molar-refractivity contribution in [3.05, 3.63) is 120 Å². The van der Waals surface area contributed by atoms with Crippen LogP contribution in [-0.2, 0) is 510 Å². The Morgan fingerprint density at radius 1 is 0.208 bits per heavy atom. The minimum Gasteiger partial charge on any atom is -2.00 e. The van der Waals surface area contributed by atoms with Crippen LogP contribution in [-0.4, -0.2) is 155 Å². The fraction of sp³-hybridized carbons (Fsp3) is 0.412. The zero-order chi connectivity index (χ0) is 29.8. The molecule has 4 aromatic heterocycles. The van der Waals surface area contributed by atoms with E-state index in [9.17, 15) is 0 Å². The average Bonchev–Trinajstić information content (AvgIpc) is 2.99. The van der Waals surface area contributed by atoms with Gasteiger partial charge in [-0.1, -0.05) is 24.3 Å². The van der Waals surface area contributed by atoms with Crippen LogP contribution in [0.5, 0.6) is 0 Å². The fourth-order valence-electron chi connectivity index (χ4n) is 4.61. The van der Waals surface area contributed by atoms with Gasteiger partial charge in [-0.05, 0) is 116 Å². The summed E-state index contributed by atoms with van der Waals surface area (Å²) in [4.78, 5) is 26.7. The molecule has 67 heteroatoms. The van der Waals surface area contributed by atoms with E-state index in [1.54, 1.807) is 0 Å². The van der Waals surface area contributed by atoms with Crippen LogP contribution in [0.1, 0.15) is 35.6 Å². The predicted molar refractivity (Wildman–Crippen MR) is 217 cm³/mol. The molecular weight excluding hydrogens is 3630 g/mol. The second-order valence-electron chi connectivity index (χ2n) is 10.9. The molecule has 0 unspecified atom stereocenters. The van der Waals surface area contributed by atoms with E-state index >= 15 is 0 Å². The summed E-state index contributed by atoms with van der Waals surface area (Å²) in [5.74, 6) is 0. The van der Waals surface area contributed by atoms with E-state index in [0.29, 0.717) is 0 Å². The SMILES string of the molecule is CN(CCCN(C)Cc1ccccn1)Cc1ccccn1.CN(CCCN(C)Cc1ccccn1)Cc1ccccn1.[Cu+2].[Cu+2].[Ge+4].[O-2].[O-2].[O-2].[O-2].[O-2].[O-2].[O-2].[O-2].[O-2].[O-2].[O-2].[O-2].[O-2].[O-2].[O-2].[O-2].[O-2].[O-2].[O-2].[O-2].[O-2].[O-2].[O-2].[O-2].[O-2].[O-2].[O-2].[O-2].[O-2].[O-2].[O-2].[O-2].[O-2].[O-2].[O-2].[O-2].[OH-].[OH-].[OH-].[OH-].[OH-].[OH-].[OH-].[OH-].[W].[W].[W].[W].[W].[W].[W].[W].[W].[W].[W].[W]. The third-order valence-electron chi connectivity index (χ3n) is 6.79. The van der Waals surface area contributed by atoms with Gasteiger partial charge in [0.2, 0.25) is 0 Å². The van der Waals surface area contributed by atoms with Gasteiger partial charge in [0.15, 0.2) is 0 Å². The summed E-state index contributed by atoms with van der Waals surface area (Å²) in [5, 5.41) is 0. The molecule has 0 saturated carbocycles. The Bertz CT molecular complexity index is 1160. The van der Waals surface area contributed by atoms with Gasteiger partial charge in [0.25, 0.3) is 0 Å². The van der Waals surface area contributed by atoms with E-state index in [1.165, 1.54) is 0 Å². The number of nitrogens with zero attached hydrogens (tertiary/aromatic N) is 8. The first-order chi connectivity index (χ1) is 20.5. The molecule has 0 spiro atoms. The maximum Gasteiger partial charge on any atom is 4.00 e. The molecule has 101 heavy (non-hydrogen) atoms. The van der Waals surface area contributed by atoms with Gasteiger partial charge in [0.05, 0.1) is 22.8 Å². The van der Waals surface area contributed by atoms with Gasteiger partial charge >= 0.3 is 51.7 Å². The first kappa shape index (κ1) is 490. The Kier molecular flexibility index (Phi) is 1590. The topological polar surface area (TPSA) is 1330 Å². The molecule has 0 atom stereocenters. The van der Waals surface area contributed by atoms with E-state index < -0.39 is 0 Å². The maximum atomic E-state index is 4.36. The Labute approximate surface area is 789 Å². The van der Waals surface area contributed by atoms with Crippen LogP contribution < -0.4 is 0 Å². The molecule has 0 aliphatic heterocycles. The standard InChI is InChI=1S/2C17H24N4.2Cu.Ge.8H2O.36O.12W/c2*1-20(14-16-8-3-5-10-18-16)12-7-13-21(2)15-17-9-4-6-11-19-17;;;;;;;;;;;;;;;;;;;;;;;;;;;;;;;;;;;;;;;;;;;;;;;;;;;;;;;;;;;/h2*3-6,8-11H,7,12-15H2,1-2H3;;;;8*1H2;;;;;;;;;;;;;;;;;;;;;;;;;;;;;;;;;;;;;;;;;;;;;;;;/q;;2*+2;+4;;;;;;;;;36*-2;;;;;;;;;;;;/p-8. The van der Waals surface area contributed by atoms with E-state index in [-0.39, 0.29) is 545 Å². The van der Waals surface area contributed by atoms with E-state index in [4.69, 9.17) is 0 Å². The van der Waals surface area contributed by atoms with Crippen molar-refractivity contribution >= 4 is 17.6 Å². The Morgan fingerprint density at radius 2 is 0.307 bits per heavy atom. The van der Waals surface area contributed by atoms with Crippen LogP contribution >= 0.6 is 0 Å². The van der Waals surface area contributed by atoms with Crippen molar-refractivity contribution in [3.8, 4) is 0 Å². The predicted octanol–water partition coefficient (Wildman–Crippen LogP) is -1.25. The molecule has 0 saturated heterocycles. The summed E-state index contributed by atoms with van der Waals surface area (Å²) in [6, 6.07) is 24.3. The molecular formula is C34H56Cu2GeN8O44W12-72. The molecule has 0 fully saturated rings. The fourth-order valence-corrected chi connectivity index (χ4v) is 4.61. The molecule has 4 aromatic rings. The Morgan fingerprint density at radius 3 is 0.386 bits per heavy atom. The van der Waals surface area contributed by atoms with Crippen LogP contribution in [0.2, 0.25) is 0 Å². The maximum absolute atomic E-state index is 4.36. The molecule has 0 aliphatic carbocycles. The second-order valence-corrected chi connectivity index (χ2v) is 10.9. The third kappa shape index (κ3) is 264. The van der Waals surface area contributed by atoms with Crippen LogP contribution in [0.4, 0.5) is 0 Å². The second kappa shape index (κ2) is 327. The minimum atomic E-state index is 0. The summed E-state index contributed by atoms with van der Waals surface area (Å²) >= 11 is 0. The normalized spacial score (nSPS) is 4.67. The zero-order valence-electron chi connectivity index (χ0n) is 50.2. The van der Waals surface area contributed by atoms with Crippen molar-refractivity contribution in [1.29, 1.82) is 0 Å². The molecule has 4 rings (SSSR count). The summed E-state index contributed by atoms with van der Waals surface area (Å²) in [6.45, 7) is 7.92. The largest absolute Gasteiger partial charge is 4.00 e. The summed E-state index contributed by atoms with van der Waals surface area (Å²) < 4.78 is 0. The van der Waals surface area contributed by atoms with Crippen LogP contribution in [0.15, 0.2) is 97.6 Å². The van der Waals surface area contributed by atoms with Crippen molar-refractivity contribution < 1.29 is 528 Å².